The number of amides is 1. The average molecular weight is 468 g/mol. The first-order valence-corrected chi connectivity index (χ1v) is 11.0. The maximum absolute atomic E-state index is 13.7. The summed E-state index contributed by atoms with van der Waals surface area (Å²) in [6.45, 7) is 0.189. The number of nitrogens with one attached hydrogen (secondary N) is 1. The van der Waals surface area contributed by atoms with Gasteiger partial charge in [-0.1, -0.05) is 30.3 Å². The highest BCUT2D eigenvalue weighted by Gasteiger charge is 2.19. The second-order valence-electron chi connectivity index (χ2n) is 8.07. The number of aliphatic imine (C=N–C) groups is 1. The van der Waals surface area contributed by atoms with Crippen LogP contribution in [0.2, 0.25) is 0 Å². The van der Waals surface area contributed by atoms with Crippen molar-refractivity contribution in [3.63, 3.8) is 0 Å². The quantitative estimate of drug-likeness (QED) is 0.343. The Kier molecular flexibility index (Phi) is 5.85. The molecule has 0 fully saturated rings. The minimum absolute atomic E-state index is 0.0832. The van der Waals surface area contributed by atoms with E-state index in [0.29, 0.717) is 27.9 Å². The summed E-state index contributed by atoms with van der Waals surface area (Å²) in [6, 6.07) is 21.1. The fourth-order valence-corrected chi connectivity index (χ4v) is 3.92. The van der Waals surface area contributed by atoms with Gasteiger partial charge in [-0.05, 0) is 42.5 Å². The Morgan fingerprint density at radius 3 is 2.60 bits per heavy atom. The zero-order valence-electron chi connectivity index (χ0n) is 18.9. The number of rotatable bonds is 6. The Morgan fingerprint density at radius 2 is 1.89 bits per heavy atom. The Labute approximate surface area is 200 Å². The molecule has 0 aliphatic carbocycles. The van der Waals surface area contributed by atoms with E-state index in [1.807, 2.05) is 54.6 Å². The van der Waals surface area contributed by atoms with E-state index in [9.17, 15) is 14.3 Å². The number of carbonyl (C=O) groups excluding carboxylic acids is 1. The summed E-state index contributed by atoms with van der Waals surface area (Å²) < 4.78 is 15.5. The maximum Gasteiger partial charge on any atom is 0.246 e. The predicted molar refractivity (Wildman–Crippen MR) is 134 cm³/mol. The molecule has 0 aliphatic heterocycles. The number of imidazole rings is 1. The number of aromatic amines is 1. The zero-order chi connectivity index (χ0) is 24.4. The van der Waals surface area contributed by atoms with Crippen molar-refractivity contribution < 1.29 is 14.3 Å². The fraction of sp³-hybridized carbons (Fsp3) is 0.0741. The lowest BCUT2D eigenvalue weighted by Crippen LogP contribution is -2.29. The van der Waals surface area contributed by atoms with Crippen molar-refractivity contribution in [3.05, 3.63) is 108 Å². The van der Waals surface area contributed by atoms with Crippen molar-refractivity contribution in [1.82, 2.24) is 14.5 Å². The molecule has 2 N–H and O–H groups in total. The number of aromatic nitrogens is 3. The van der Waals surface area contributed by atoms with Crippen molar-refractivity contribution in [3.8, 4) is 5.88 Å². The van der Waals surface area contributed by atoms with Gasteiger partial charge in [-0.25, -0.2) is 14.4 Å². The fourth-order valence-electron chi connectivity index (χ4n) is 3.92. The highest BCUT2D eigenvalue weighted by molar-refractivity contribution is 6.21. The van der Waals surface area contributed by atoms with Gasteiger partial charge in [0.2, 0.25) is 5.91 Å². The molecule has 0 aliphatic rings. The van der Waals surface area contributed by atoms with Gasteiger partial charge >= 0.3 is 0 Å². The van der Waals surface area contributed by atoms with Crippen LogP contribution in [0.25, 0.3) is 10.9 Å². The predicted octanol–water partition coefficient (Wildman–Crippen LogP) is 5.04. The van der Waals surface area contributed by atoms with Gasteiger partial charge in [0.1, 0.15) is 12.4 Å². The Bertz CT molecular complexity index is 1510. The van der Waals surface area contributed by atoms with Gasteiger partial charge in [0, 0.05) is 36.1 Å². The number of fused-ring (bicyclic) bond motifs is 1. The van der Waals surface area contributed by atoms with Crippen LogP contribution in [0, 0.1) is 5.82 Å². The third-order valence-corrected chi connectivity index (χ3v) is 5.75. The lowest BCUT2D eigenvalue weighted by molar-refractivity contribution is -0.118. The minimum atomic E-state index is -0.397. The molecular formula is C27H22FN5O2. The van der Waals surface area contributed by atoms with E-state index >= 15 is 0 Å². The molecule has 174 valence electrons. The first kappa shape index (κ1) is 22.1. The van der Waals surface area contributed by atoms with Crippen LogP contribution >= 0.6 is 0 Å². The van der Waals surface area contributed by atoms with E-state index in [1.165, 1.54) is 12.1 Å². The van der Waals surface area contributed by atoms with Crippen molar-refractivity contribution in [2.24, 2.45) is 4.99 Å². The second-order valence-corrected chi connectivity index (χ2v) is 8.07. The summed E-state index contributed by atoms with van der Waals surface area (Å²) in [5, 5.41) is 11.4. The summed E-state index contributed by atoms with van der Waals surface area (Å²) in [5.41, 5.74) is 3.67. The van der Waals surface area contributed by atoms with E-state index < -0.39 is 5.82 Å². The molecule has 0 atom stereocenters. The number of anilines is 1. The molecule has 8 heteroatoms. The lowest BCUT2D eigenvalue weighted by Gasteiger charge is -2.17. The van der Waals surface area contributed by atoms with Crippen LogP contribution in [0.5, 0.6) is 5.88 Å². The molecule has 2 aromatic heterocycles. The van der Waals surface area contributed by atoms with E-state index in [4.69, 9.17) is 4.99 Å². The van der Waals surface area contributed by atoms with Gasteiger partial charge in [-0.3, -0.25) is 4.79 Å². The molecule has 0 saturated carbocycles. The van der Waals surface area contributed by atoms with Crippen LogP contribution in [-0.2, 0) is 11.3 Å². The van der Waals surface area contributed by atoms with Crippen molar-refractivity contribution in [1.29, 1.82) is 0 Å². The summed E-state index contributed by atoms with van der Waals surface area (Å²) >= 11 is 0. The number of halogens is 1. The number of carbonyl (C=O) groups is 1. The summed E-state index contributed by atoms with van der Waals surface area (Å²) in [7, 11) is 1.72. The largest absolute Gasteiger partial charge is 0.494 e. The van der Waals surface area contributed by atoms with E-state index in [2.05, 4.69) is 9.97 Å². The second kappa shape index (κ2) is 9.26. The number of aromatic hydroxyl groups is 1. The highest BCUT2D eigenvalue weighted by Crippen LogP contribution is 2.32. The standard InChI is InChI=1S/C27H22FN5O2/c1-32(24(34)16-33-14-13-29-17-33)21-10-8-20(9-11-21)30-26(18-5-3-2-4-6-18)25-22-12-7-19(28)15-23(22)31-27(25)35/h2-15,17,31,35H,16H2,1H3. The summed E-state index contributed by atoms with van der Waals surface area (Å²) in [4.78, 5) is 25.8. The third-order valence-electron chi connectivity index (χ3n) is 5.75. The molecule has 0 bridgehead atoms. The highest BCUT2D eigenvalue weighted by atomic mass is 19.1. The van der Waals surface area contributed by atoms with Crippen molar-refractivity contribution >= 4 is 33.9 Å². The molecule has 0 saturated heterocycles. The van der Waals surface area contributed by atoms with E-state index in [-0.39, 0.29) is 18.3 Å². The Morgan fingerprint density at radius 1 is 1.11 bits per heavy atom. The normalized spacial score (nSPS) is 11.7. The summed E-state index contributed by atoms with van der Waals surface area (Å²) in [5.74, 6) is -0.569. The number of likely N-dealkylation sites (N-methyl/N-ethyl adjacent to an activating group) is 1. The topological polar surface area (TPSA) is 86.5 Å². The Balaban J connectivity index is 1.51. The maximum atomic E-state index is 13.7. The molecule has 0 unspecified atom stereocenters. The molecule has 35 heavy (non-hydrogen) atoms. The lowest BCUT2D eigenvalue weighted by atomic mass is 10.0. The first-order valence-electron chi connectivity index (χ1n) is 11.0. The van der Waals surface area contributed by atoms with Crippen LogP contribution in [-0.4, -0.2) is 38.3 Å². The van der Waals surface area contributed by atoms with Gasteiger partial charge in [-0.2, -0.15) is 0 Å². The SMILES string of the molecule is CN(C(=O)Cn1ccnc1)c1ccc(N=C(c2ccccc2)c2c(O)[nH]c3cc(F)ccc23)cc1. The Hall–Kier alpha value is -4.72. The van der Waals surface area contributed by atoms with Crippen molar-refractivity contribution in [2.45, 2.75) is 6.54 Å². The van der Waals surface area contributed by atoms with Crippen LogP contribution in [0.15, 0.2) is 96.5 Å². The number of hydrogen-bond acceptors (Lipinski definition) is 4. The number of nitrogens with zero attached hydrogens (tertiary/aromatic N) is 4. The number of H-pyrrole nitrogens is 1. The molecule has 1 amide bonds. The van der Waals surface area contributed by atoms with Crippen molar-refractivity contribution in [2.75, 3.05) is 11.9 Å². The molecule has 3 aromatic carbocycles. The molecule has 0 spiro atoms. The molecule has 0 radical (unpaired) electrons. The van der Waals surface area contributed by atoms with Gasteiger partial charge in [-0.15, -0.1) is 0 Å². The molecular weight excluding hydrogens is 445 g/mol. The van der Waals surface area contributed by atoms with Crippen LogP contribution in [0.3, 0.4) is 0 Å². The zero-order valence-corrected chi connectivity index (χ0v) is 18.9. The van der Waals surface area contributed by atoms with Crippen LogP contribution in [0.4, 0.5) is 15.8 Å². The van der Waals surface area contributed by atoms with Gasteiger partial charge < -0.3 is 19.6 Å². The minimum Gasteiger partial charge on any atom is -0.494 e. The number of benzene rings is 3. The van der Waals surface area contributed by atoms with Gasteiger partial charge in [0.15, 0.2) is 5.88 Å². The third kappa shape index (κ3) is 4.54. The average Bonchev–Trinajstić information content (AvgIpc) is 3.49. The molecule has 5 rings (SSSR count). The number of hydrogen-bond donors (Lipinski definition) is 2. The molecule has 2 heterocycles. The van der Waals surface area contributed by atoms with Crippen LogP contribution in [0.1, 0.15) is 11.1 Å². The molecule has 5 aromatic rings. The van der Waals surface area contributed by atoms with Gasteiger partial charge in [0.25, 0.3) is 0 Å². The summed E-state index contributed by atoms with van der Waals surface area (Å²) in [6.07, 6.45) is 4.97. The smallest absolute Gasteiger partial charge is 0.246 e. The first-order chi connectivity index (χ1) is 17.0. The van der Waals surface area contributed by atoms with E-state index in [0.717, 1.165) is 11.3 Å². The molecule has 7 nitrogen and oxygen atoms in total. The monoisotopic (exact) mass is 467 g/mol. The van der Waals surface area contributed by atoms with E-state index in [1.54, 1.807) is 41.3 Å². The van der Waals surface area contributed by atoms with Gasteiger partial charge in [0.05, 0.1) is 28.8 Å². The van der Waals surface area contributed by atoms with Crippen LogP contribution < -0.4 is 4.90 Å².